The summed E-state index contributed by atoms with van der Waals surface area (Å²) in [5.74, 6) is -0.236. The van der Waals surface area contributed by atoms with Crippen molar-refractivity contribution >= 4 is 5.91 Å². The van der Waals surface area contributed by atoms with Crippen molar-refractivity contribution < 1.29 is 18.7 Å². The molecule has 1 saturated carbocycles. The topological polar surface area (TPSA) is 73.6 Å². The molecule has 5 nitrogen and oxygen atoms in total. The Morgan fingerprint density at radius 1 is 1.33 bits per heavy atom. The van der Waals surface area contributed by atoms with Crippen LogP contribution in [0, 0.1) is 11.7 Å². The molecular formula is C18H27FN2O3. The fourth-order valence-corrected chi connectivity index (χ4v) is 3.08. The van der Waals surface area contributed by atoms with Crippen LogP contribution < -0.4 is 11.1 Å². The number of halogens is 1. The SMILES string of the molecule is COCCOCc1cc(C(=O)NC2CCCCC2CN)ccc1F. The van der Waals surface area contributed by atoms with E-state index < -0.39 is 0 Å². The molecule has 1 aliphatic carbocycles. The zero-order chi connectivity index (χ0) is 17.4. The van der Waals surface area contributed by atoms with Gasteiger partial charge in [0.2, 0.25) is 0 Å². The fourth-order valence-electron chi connectivity index (χ4n) is 3.08. The maximum atomic E-state index is 13.9. The minimum Gasteiger partial charge on any atom is -0.382 e. The van der Waals surface area contributed by atoms with Crippen molar-refractivity contribution in [3.63, 3.8) is 0 Å². The lowest BCUT2D eigenvalue weighted by atomic mass is 9.84. The zero-order valence-corrected chi connectivity index (χ0v) is 14.2. The lowest BCUT2D eigenvalue weighted by molar-refractivity contribution is 0.0603. The molecule has 0 aliphatic heterocycles. The molecule has 134 valence electrons. The maximum absolute atomic E-state index is 13.9. The first-order valence-electron chi connectivity index (χ1n) is 8.51. The van der Waals surface area contributed by atoms with Gasteiger partial charge in [-0.25, -0.2) is 4.39 Å². The number of methoxy groups -OCH3 is 1. The van der Waals surface area contributed by atoms with E-state index in [1.165, 1.54) is 12.1 Å². The Kier molecular flexibility index (Phi) is 7.62. The second-order valence-electron chi connectivity index (χ2n) is 6.21. The van der Waals surface area contributed by atoms with E-state index in [4.69, 9.17) is 15.2 Å². The number of nitrogens with one attached hydrogen (secondary N) is 1. The van der Waals surface area contributed by atoms with Gasteiger partial charge in [-0.15, -0.1) is 0 Å². The highest BCUT2D eigenvalue weighted by Crippen LogP contribution is 2.24. The minimum atomic E-state index is -0.374. The van der Waals surface area contributed by atoms with Crippen LogP contribution in [-0.2, 0) is 16.1 Å². The molecule has 1 aromatic rings. The summed E-state index contributed by atoms with van der Waals surface area (Å²) >= 11 is 0. The molecule has 0 radical (unpaired) electrons. The molecule has 0 heterocycles. The smallest absolute Gasteiger partial charge is 0.251 e. The summed E-state index contributed by atoms with van der Waals surface area (Å²) in [5.41, 5.74) is 6.62. The summed E-state index contributed by atoms with van der Waals surface area (Å²) < 4.78 is 24.1. The lowest BCUT2D eigenvalue weighted by Crippen LogP contribution is -2.44. The highest BCUT2D eigenvalue weighted by molar-refractivity contribution is 5.94. The third-order valence-electron chi connectivity index (χ3n) is 4.53. The van der Waals surface area contributed by atoms with Gasteiger partial charge in [0.05, 0.1) is 19.8 Å². The average Bonchev–Trinajstić information content (AvgIpc) is 2.60. The Balaban J connectivity index is 1.98. The van der Waals surface area contributed by atoms with Gasteiger partial charge >= 0.3 is 0 Å². The Morgan fingerprint density at radius 3 is 2.88 bits per heavy atom. The van der Waals surface area contributed by atoms with E-state index in [-0.39, 0.29) is 24.4 Å². The van der Waals surface area contributed by atoms with Crippen LogP contribution in [0.3, 0.4) is 0 Å². The highest BCUT2D eigenvalue weighted by Gasteiger charge is 2.25. The van der Waals surface area contributed by atoms with Gasteiger partial charge in [-0.2, -0.15) is 0 Å². The summed E-state index contributed by atoms with van der Waals surface area (Å²) in [5, 5.41) is 3.06. The van der Waals surface area contributed by atoms with Gasteiger partial charge in [0.25, 0.3) is 5.91 Å². The second-order valence-corrected chi connectivity index (χ2v) is 6.21. The molecule has 6 heteroatoms. The van der Waals surface area contributed by atoms with Crippen molar-refractivity contribution in [1.82, 2.24) is 5.32 Å². The Bertz CT molecular complexity index is 539. The molecule has 3 N–H and O–H groups in total. The van der Waals surface area contributed by atoms with Crippen LogP contribution in [0.25, 0.3) is 0 Å². The van der Waals surface area contributed by atoms with E-state index in [2.05, 4.69) is 5.32 Å². The third kappa shape index (κ3) is 5.26. The Hall–Kier alpha value is -1.50. The maximum Gasteiger partial charge on any atom is 0.251 e. The van der Waals surface area contributed by atoms with Gasteiger partial charge in [0.15, 0.2) is 0 Å². The van der Waals surface area contributed by atoms with Crippen LogP contribution >= 0.6 is 0 Å². The molecule has 0 aromatic heterocycles. The van der Waals surface area contributed by atoms with Gasteiger partial charge < -0.3 is 20.5 Å². The number of nitrogens with two attached hydrogens (primary N) is 1. The Morgan fingerprint density at radius 2 is 2.12 bits per heavy atom. The monoisotopic (exact) mass is 338 g/mol. The number of amides is 1. The normalized spacial score (nSPS) is 20.8. The first-order chi connectivity index (χ1) is 11.7. The van der Waals surface area contributed by atoms with E-state index >= 15 is 0 Å². The number of benzene rings is 1. The van der Waals surface area contributed by atoms with E-state index in [0.29, 0.717) is 36.8 Å². The molecule has 1 fully saturated rings. The van der Waals surface area contributed by atoms with Gasteiger partial charge in [-0.1, -0.05) is 12.8 Å². The Labute approximate surface area is 142 Å². The number of hydrogen-bond acceptors (Lipinski definition) is 4. The summed E-state index contributed by atoms with van der Waals surface area (Å²) in [6, 6.07) is 4.47. The first kappa shape index (κ1) is 18.8. The van der Waals surface area contributed by atoms with Gasteiger partial charge in [0.1, 0.15) is 5.82 Å². The summed E-state index contributed by atoms with van der Waals surface area (Å²) in [7, 11) is 1.58. The number of carbonyl (C=O) groups is 1. The molecule has 1 amide bonds. The van der Waals surface area contributed by atoms with Crippen LogP contribution in [-0.4, -0.2) is 38.8 Å². The molecule has 0 spiro atoms. The molecular weight excluding hydrogens is 311 g/mol. The molecule has 2 unspecified atom stereocenters. The van der Waals surface area contributed by atoms with Crippen molar-refractivity contribution in [2.24, 2.45) is 11.7 Å². The quantitative estimate of drug-likeness (QED) is 0.713. The zero-order valence-electron chi connectivity index (χ0n) is 14.2. The predicted molar refractivity (Wildman–Crippen MR) is 90.2 cm³/mol. The van der Waals surface area contributed by atoms with Crippen molar-refractivity contribution in [3.05, 3.63) is 35.1 Å². The molecule has 1 aliphatic rings. The molecule has 2 atom stereocenters. The molecule has 0 bridgehead atoms. The largest absolute Gasteiger partial charge is 0.382 e. The minimum absolute atomic E-state index is 0.0997. The molecule has 2 rings (SSSR count). The number of rotatable bonds is 8. The molecule has 1 aromatic carbocycles. The second kappa shape index (κ2) is 9.71. The summed E-state index contributed by atoms with van der Waals surface area (Å²) in [6.45, 7) is 1.52. The molecule has 0 saturated heterocycles. The number of ether oxygens (including phenoxy) is 2. The van der Waals surface area contributed by atoms with Crippen molar-refractivity contribution in [2.75, 3.05) is 26.9 Å². The van der Waals surface area contributed by atoms with Crippen LogP contribution in [0.1, 0.15) is 41.6 Å². The van der Waals surface area contributed by atoms with Crippen LogP contribution in [0.15, 0.2) is 18.2 Å². The van der Waals surface area contributed by atoms with Gasteiger partial charge in [0, 0.05) is 24.3 Å². The van der Waals surface area contributed by atoms with Crippen molar-refractivity contribution in [1.29, 1.82) is 0 Å². The number of carbonyl (C=O) groups excluding carboxylic acids is 1. The van der Waals surface area contributed by atoms with Crippen molar-refractivity contribution in [2.45, 2.75) is 38.3 Å². The number of hydrogen-bond donors (Lipinski definition) is 2. The van der Waals surface area contributed by atoms with Crippen LogP contribution in [0.2, 0.25) is 0 Å². The van der Waals surface area contributed by atoms with E-state index in [1.54, 1.807) is 13.2 Å². The average molecular weight is 338 g/mol. The van der Waals surface area contributed by atoms with E-state index in [1.807, 2.05) is 0 Å². The first-order valence-corrected chi connectivity index (χ1v) is 8.51. The predicted octanol–water partition coefficient (Wildman–Crippen LogP) is 2.24. The lowest BCUT2D eigenvalue weighted by Gasteiger charge is -2.31. The summed E-state index contributed by atoms with van der Waals surface area (Å²) in [4.78, 5) is 12.5. The van der Waals surface area contributed by atoms with Crippen LogP contribution in [0.5, 0.6) is 0 Å². The fraction of sp³-hybridized carbons (Fsp3) is 0.611. The van der Waals surface area contributed by atoms with E-state index in [0.717, 1.165) is 25.7 Å². The third-order valence-corrected chi connectivity index (χ3v) is 4.53. The van der Waals surface area contributed by atoms with Crippen molar-refractivity contribution in [3.8, 4) is 0 Å². The summed E-state index contributed by atoms with van der Waals surface area (Å²) in [6.07, 6.45) is 4.25. The van der Waals surface area contributed by atoms with Crippen LogP contribution in [0.4, 0.5) is 4.39 Å². The standard InChI is InChI=1S/C18H27FN2O3/c1-23-8-9-24-12-15-10-13(6-7-16(15)19)18(22)21-17-5-3-2-4-14(17)11-20/h6-7,10,14,17H,2-5,8-9,11-12,20H2,1H3,(H,21,22). The highest BCUT2D eigenvalue weighted by atomic mass is 19.1. The van der Waals surface area contributed by atoms with E-state index in [9.17, 15) is 9.18 Å². The molecule has 24 heavy (non-hydrogen) atoms. The van der Waals surface area contributed by atoms with Gasteiger partial charge in [-0.3, -0.25) is 4.79 Å². The van der Waals surface area contributed by atoms with Gasteiger partial charge in [-0.05, 0) is 43.5 Å².